The summed E-state index contributed by atoms with van der Waals surface area (Å²) in [6.07, 6.45) is 0.166. The minimum atomic E-state index is -0.543. The van der Waals surface area contributed by atoms with Crippen LogP contribution in [0.4, 0.5) is 4.39 Å². The van der Waals surface area contributed by atoms with Crippen molar-refractivity contribution < 1.29 is 18.7 Å². The normalized spacial score (nSPS) is 10.4. The van der Waals surface area contributed by atoms with Crippen LogP contribution in [0.15, 0.2) is 84.9 Å². The van der Waals surface area contributed by atoms with Crippen LogP contribution in [-0.4, -0.2) is 18.4 Å². The van der Waals surface area contributed by atoms with Gasteiger partial charge in [-0.05, 0) is 23.3 Å². The molecule has 29 heavy (non-hydrogen) atoms. The molecule has 0 heterocycles. The maximum Gasteiger partial charge on any atom is 0.276 e. The minimum Gasteiger partial charge on any atom is -0.484 e. The van der Waals surface area contributed by atoms with Gasteiger partial charge in [0.15, 0.2) is 6.61 Å². The summed E-state index contributed by atoms with van der Waals surface area (Å²) in [6.45, 7) is -0.343. The third-order valence-electron chi connectivity index (χ3n) is 4.30. The molecule has 0 aliphatic rings. The van der Waals surface area contributed by atoms with E-state index >= 15 is 0 Å². The molecule has 0 saturated heterocycles. The van der Waals surface area contributed by atoms with Gasteiger partial charge in [-0.3, -0.25) is 20.4 Å². The molecule has 0 spiro atoms. The largest absolute Gasteiger partial charge is 0.484 e. The number of hydrogen-bond donors (Lipinski definition) is 2. The highest BCUT2D eigenvalue weighted by Gasteiger charge is 2.18. The number of ether oxygens (including phenoxy) is 1. The molecule has 0 bridgehead atoms. The van der Waals surface area contributed by atoms with Crippen LogP contribution in [0.1, 0.15) is 23.5 Å². The minimum absolute atomic E-state index is 0.141. The van der Waals surface area contributed by atoms with E-state index in [9.17, 15) is 14.0 Å². The molecule has 2 amide bonds. The standard InChI is InChI=1S/C23H21FN2O3/c24-19-12-7-13-20(14-19)29-16-23(28)26-25-22(27)15-21(17-8-3-1-4-9-17)18-10-5-2-6-11-18/h1-14,21H,15-16H2,(H,25,27)(H,26,28). The van der Waals surface area contributed by atoms with E-state index in [4.69, 9.17) is 4.74 Å². The molecule has 0 aliphatic carbocycles. The van der Waals surface area contributed by atoms with E-state index in [2.05, 4.69) is 10.9 Å². The Morgan fingerprint density at radius 2 is 1.38 bits per heavy atom. The second-order valence-corrected chi connectivity index (χ2v) is 6.42. The van der Waals surface area contributed by atoms with Crippen molar-refractivity contribution in [2.24, 2.45) is 0 Å². The van der Waals surface area contributed by atoms with Gasteiger partial charge in [-0.25, -0.2) is 4.39 Å². The first-order valence-electron chi connectivity index (χ1n) is 9.18. The Hall–Kier alpha value is -3.67. The molecule has 0 saturated carbocycles. The number of hydrogen-bond acceptors (Lipinski definition) is 3. The van der Waals surface area contributed by atoms with Crippen LogP contribution in [0.2, 0.25) is 0 Å². The van der Waals surface area contributed by atoms with Crippen molar-refractivity contribution in [2.75, 3.05) is 6.61 Å². The van der Waals surface area contributed by atoms with Gasteiger partial charge in [0.05, 0.1) is 0 Å². The second kappa shape index (κ2) is 10.0. The molecule has 5 nitrogen and oxygen atoms in total. The Bertz CT molecular complexity index is 909. The van der Waals surface area contributed by atoms with Crippen LogP contribution in [0.3, 0.4) is 0 Å². The molecule has 0 aliphatic heterocycles. The maximum atomic E-state index is 13.1. The van der Waals surface area contributed by atoms with Crippen LogP contribution >= 0.6 is 0 Å². The van der Waals surface area contributed by atoms with Crippen LogP contribution in [-0.2, 0) is 9.59 Å². The lowest BCUT2D eigenvalue weighted by Crippen LogP contribution is -2.44. The quantitative estimate of drug-likeness (QED) is 0.604. The maximum absolute atomic E-state index is 13.1. The van der Waals surface area contributed by atoms with Crippen LogP contribution in [0, 0.1) is 5.82 Å². The zero-order valence-electron chi connectivity index (χ0n) is 15.7. The first-order chi connectivity index (χ1) is 14.1. The van der Waals surface area contributed by atoms with E-state index in [0.29, 0.717) is 0 Å². The van der Waals surface area contributed by atoms with E-state index in [1.54, 1.807) is 6.07 Å². The Kier molecular flexibility index (Phi) is 6.95. The van der Waals surface area contributed by atoms with Gasteiger partial charge in [0.1, 0.15) is 11.6 Å². The molecule has 148 valence electrons. The molecule has 6 heteroatoms. The molecule has 2 N–H and O–H groups in total. The highest BCUT2D eigenvalue weighted by Crippen LogP contribution is 2.27. The van der Waals surface area contributed by atoms with E-state index in [-0.39, 0.29) is 30.6 Å². The number of halogens is 1. The average Bonchev–Trinajstić information content (AvgIpc) is 2.76. The zero-order chi connectivity index (χ0) is 20.5. The molecular formula is C23H21FN2O3. The fourth-order valence-corrected chi connectivity index (χ4v) is 2.92. The topological polar surface area (TPSA) is 67.4 Å². The number of carbonyl (C=O) groups is 2. The number of carbonyl (C=O) groups excluding carboxylic acids is 2. The summed E-state index contributed by atoms with van der Waals surface area (Å²) in [6, 6.07) is 24.9. The summed E-state index contributed by atoms with van der Waals surface area (Å²) >= 11 is 0. The monoisotopic (exact) mass is 392 g/mol. The van der Waals surface area contributed by atoms with Crippen LogP contribution < -0.4 is 15.6 Å². The summed E-state index contributed by atoms with van der Waals surface area (Å²) in [7, 11) is 0. The molecule has 3 aromatic rings. The highest BCUT2D eigenvalue weighted by molar-refractivity contribution is 5.83. The molecule has 0 unspecified atom stereocenters. The molecule has 0 aromatic heterocycles. The molecule has 3 rings (SSSR count). The summed E-state index contributed by atoms with van der Waals surface area (Å²) in [4.78, 5) is 24.3. The second-order valence-electron chi connectivity index (χ2n) is 6.42. The lowest BCUT2D eigenvalue weighted by Gasteiger charge is -2.18. The summed E-state index contributed by atoms with van der Waals surface area (Å²) in [5.41, 5.74) is 6.74. The molecule has 0 radical (unpaired) electrons. The van der Waals surface area contributed by atoms with E-state index < -0.39 is 11.7 Å². The van der Waals surface area contributed by atoms with Gasteiger partial charge >= 0.3 is 0 Å². The number of benzene rings is 3. The molecule has 0 atom stereocenters. The van der Waals surface area contributed by atoms with Gasteiger partial charge in [-0.2, -0.15) is 0 Å². The first kappa shape index (κ1) is 20.1. The van der Waals surface area contributed by atoms with Crippen molar-refractivity contribution in [1.82, 2.24) is 10.9 Å². The smallest absolute Gasteiger partial charge is 0.276 e. The number of amides is 2. The highest BCUT2D eigenvalue weighted by atomic mass is 19.1. The first-order valence-corrected chi connectivity index (χ1v) is 9.18. The molecule has 0 fully saturated rings. The van der Waals surface area contributed by atoms with Crippen molar-refractivity contribution >= 4 is 11.8 Å². The predicted octanol–water partition coefficient (Wildman–Crippen LogP) is 3.57. The Labute approximate surface area is 168 Å². The zero-order valence-corrected chi connectivity index (χ0v) is 15.7. The van der Waals surface area contributed by atoms with Gasteiger partial charge in [-0.15, -0.1) is 0 Å². The van der Waals surface area contributed by atoms with Crippen molar-refractivity contribution in [3.8, 4) is 5.75 Å². The Balaban J connectivity index is 1.54. The van der Waals surface area contributed by atoms with Crippen molar-refractivity contribution in [3.05, 3.63) is 102 Å². The van der Waals surface area contributed by atoms with Gasteiger partial charge < -0.3 is 4.74 Å². The average molecular weight is 392 g/mol. The van der Waals surface area contributed by atoms with Gasteiger partial charge in [-0.1, -0.05) is 66.7 Å². The third-order valence-corrected chi connectivity index (χ3v) is 4.30. The number of hydrazine groups is 1. The van der Waals surface area contributed by atoms with E-state index in [1.807, 2.05) is 60.7 Å². The predicted molar refractivity (Wildman–Crippen MR) is 108 cm³/mol. The lowest BCUT2D eigenvalue weighted by atomic mass is 9.88. The molecular weight excluding hydrogens is 371 g/mol. The van der Waals surface area contributed by atoms with Gasteiger partial charge in [0.2, 0.25) is 5.91 Å². The number of rotatable bonds is 7. The fraction of sp³-hybridized carbons (Fsp3) is 0.130. The Morgan fingerprint density at radius 3 is 1.97 bits per heavy atom. The summed E-state index contributed by atoms with van der Waals surface area (Å²) in [5, 5.41) is 0. The van der Waals surface area contributed by atoms with E-state index in [1.165, 1.54) is 18.2 Å². The van der Waals surface area contributed by atoms with E-state index in [0.717, 1.165) is 11.1 Å². The van der Waals surface area contributed by atoms with Gasteiger partial charge in [0, 0.05) is 18.4 Å². The lowest BCUT2D eigenvalue weighted by molar-refractivity contribution is -0.130. The van der Waals surface area contributed by atoms with Crippen LogP contribution in [0.5, 0.6) is 5.75 Å². The van der Waals surface area contributed by atoms with Crippen molar-refractivity contribution in [1.29, 1.82) is 0 Å². The summed E-state index contributed by atoms with van der Waals surface area (Å²) < 4.78 is 18.3. The molecule has 3 aromatic carbocycles. The van der Waals surface area contributed by atoms with Crippen molar-refractivity contribution in [3.63, 3.8) is 0 Å². The van der Waals surface area contributed by atoms with Crippen molar-refractivity contribution in [2.45, 2.75) is 12.3 Å². The Morgan fingerprint density at radius 1 is 0.793 bits per heavy atom. The van der Waals surface area contributed by atoms with Crippen LogP contribution in [0.25, 0.3) is 0 Å². The number of nitrogens with one attached hydrogen (secondary N) is 2. The summed E-state index contributed by atoms with van der Waals surface area (Å²) in [5.74, 6) is -1.23. The third kappa shape index (κ3) is 6.17. The fourth-order valence-electron chi connectivity index (χ4n) is 2.92. The SMILES string of the molecule is O=C(COc1cccc(F)c1)NNC(=O)CC(c1ccccc1)c1ccccc1. The van der Waals surface area contributed by atoms with Gasteiger partial charge in [0.25, 0.3) is 5.91 Å².